The van der Waals surface area contributed by atoms with Gasteiger partial charge in [0.25, 0.3) is 0 Å². The highest BCUT2D eigenvalue weighted by atomic mass is 16.7. The molecule has 11 heavy (non-hydrogen) atoms. The van der Waals surface area contributed by atoms with E-state index in [4.69, 9.17) is 14.2 Å². The predicted octanol–water partition coefficient (Wildman–Crippen LogP) is 0.784. The second-order valence-corrected chi connectivity index (χ2v) is 4.03. The van der Waals surface area contributed by atoms with Crippen LogP contribution in [0.25, 0.3) is 0 Å². The van der Waals surface area contributed by atoms with Crippen LogP contribution in [0.1, 0.15) is 13.8 Å². The van der Waals surface area contributed by atoms with Gasteiger partial charge in [0, 0.05) is 5.41 Å². The zero-order valence-electron chi connectivity index (χ0n) is 7.00. The van der Waals surface area contributed by atoms with Crippen LogP contribution in [0.2, 0.25) is 0 Å². The molecule has 2 fully saturated rings. The van der Waals surface area contributed by atoms with E-state index < -0.39 is 0 Å². The summed E-state index contributed by atoms with van der Waals surface area (Å²) in [6.45, 7) is 6.62. The first-order chi connectivity index (χ1) is 5.17. The molecule has 0 spiro atoms. The van der Waals surface area contributed by atoms with Crippen molar-refractivity contribution in [1.82, 2.24) is 0 Å². The molecule has 0 bridgehead atoms. The molecule has 0 radical (unpaired) electrons. The lowest BCUT2D eigenvalue weighted by atomic mass is 9.95. The van der Waals surface area contributed by atoms with Crippen LogP contribution in [0.5, 0.6) is 0 Å². The van der Waals surface area contributed by atoms with Crippen molar-refractivity contribution in [3.63, 3.8) is 0 Å². The topological polar surface area (TPSA) is 31.0 Å². The van der Waals surface area contributed by atoms with Gasteiger partial charge in [-0.3, -0.25) is 0 Å². The molecule has 0 aromatic heterocycles. The van der Waals surface area contributed by atoms with Crippen LogP contribution in [0.4, 0.5) is 0 Å². The number of epoxide rings is 1. The van der Waals surface area contributed by atoms with Crippen molar-refractivity contribution in [2.45, 2.75) is 26.2 Å². The molecule has 0 unspecified atom stereocenters. The molecule has 0 aromatic carbocycles. The Labute approximate surface area is 66.6 Å². The summed E-state index contributed by atoms with van der Waals surface area (Å²) in [7, 11) is 0. The normalized spacial score (nSPS) is 37.1. The summed E-state index contributed by atoms with van der Waals surface area (Å²) in [5, 5.41) is 0. The van der Waals surface area contributed by atoms with Crippen molar-refractivity contribution in [2.24, 2.45) is 5.41 Å². The third kappa shape index (κ3) is 1.72. The molecule has 2 aliphatic heterocycles. The molecule has 0 aliphatic carbocycles. The van der Waals surface area contributed by atoms with Crippen LogP contribution in [0.3, 0.4) is 0 Å². The Balaban J connectivity index is 1.84. The molecule has 2 saturated heterocycles. The van der Waals surface area contributed by atoms with E-state index in [1.54, 1.807) is 0 Å². The standard InChI is InChI=1S/C8H14O3/c1-8(2)4-10-7(11-5-8)6-3-9-6/h6-7H,3-5H2,1-2H3/t6-/m1/s1. The molecule has 2 aliphatic rings. The molecule has 64 valence electrons. The quantitative estimate of drug-likeness (QED) is 0.528. The van der Waals surface area contributed by atoms with E-state index in [-0.39, 0.29) is 17.8 Å². The Kier molecular flexibility index (Phi) is 1.67. The fraction of sp³-hybridized carbons (Fsp3) is 1.00. The molecule has 3 nitrogen and oxygen atoms in total. The van der Waals surface area contributed by atoms with Gasteiger partial charge in [-0.1, -0.05) is 13.8 Å². The largest absolute Gasteiger partial charge is 0.368 e. The maximum atomic E-state index is 5.47. The maximum Gasteiger partial charge on any atom is 0.185 e. The molecule has 1 atom stereocenters. The molecule has 0 aromatic rings. The highest BCUT2D eigenvalue weighted by Crippen LogP contribution is 2.28. The number of hydrogen-bond acceptors (Lipinski definition) is 3. The third-order valence-electron chi connectivity index (χ3n) is 1.94. The Bertz CT molecular complexity index is 141. The van der Waals surface area contributed by atoms with Gasteiger partial charge >= 0.3 is 0 Å². The average molecular weight is 158 g/mol. The molecule has 0 amide bonds. The predicted molar refractivity (Wildman–Crippen MR) is 39.2 cm³/mol. The Morgan fingerprint density at radius 3 is 2.09 bits per heavy atom. The summed E-state index contributed by atoms with van der Waals surface area (Å²) in [4.78, 5) is 0. The minimum atomic E-state index is -0.0944. The van der Waals surface area contributed by atoms with Crippen molar-refractivity contribution in [1.29, 1.82) is 0 Å². The lowest BCUT2D eigenvalue weighted by molar-refractivity contribution is -0.228. The molecule has 0 N–H and O–H groups in total. The smallest absolute Gasteiger partial charge is 0.185 e. The van der Waals surface area contributed by atoms with Gasteiger partial charge in [0.1, 0.15) is 6.10 Å². The van der Waals surface area contributed by atoms with Crippen LogP contribution in [0.15, 0.2) is 0 Å². The summed E-state index contributed by atoms with van der Waals surface area (Å²) < 4.78 is 16.0. The Morgan fingerprint density at radius 2 is 1.64 bits per heavy atom. The summed E-state index contributed by atoms with van der Waals surface area (Å²) in [5.74, 6) is 0. The fourth-order valence-corrected chi connectivity index (χ4v) is 1.13. The van der Waals surface area contributed by atoms with Crippen molar-refractivity contribution in [3.05, 3.63) is 0 Å². The Morgan fingerprint density at radius 1 is 1.09 bits per heavy atom. The first kappa shape index (κ1) is 7.53. The van der Waals surface area contributed by atoms with Crippen LogP contribution in [-0.2, 0) is 14.2 Å². The minimum Gasteiger partial charge on any atom is -0.368 e. The second-order valence-electron chi connectivity index (χ2n) is 4.03. The fourth-order valence-electron chi connectivity index (χ4n) is 1.13. The Hall–Kier alpha value is -0.120. The number of hydrogen-bond donors (Lipinski definition) is 0. The SMILES string of the molecule is CC1(C)COC([C@H]2CO2)OC1. The summed E-state index contributed by atoms with van der Waals surface area (Å²) in [6.07, 6.45) is 0.120. The number of ether oxygens (including phenoxy) is 3. The van der Waals surface area contributed by atoms with Gasteiger partial charge in [0.05, 0.1) is 19.8 Å². The monoisotopic (exact) mass is 158 g/mol. The summed E-state index contributed by atoms with van der Waals surface area (Å²) in [5.41, 5.74) is 0.172. The zero-order chi connectivity index (χ0) is 7.90. The van der Waals surface area contributed by atoms with Crippen molar-refractivity contribution in [2.75, 3.05) is 19.8 Å². The van der Waals surface area contributed by atoms with Crippen LogP contribution in [0, 0.1) is 5.41 Å². The van der Waals surface area contributed by atoms with Crippen molar-refractivity contribution in [3.8, 4) is 0 Å². The highest BCUT2D eigenvalue weighted by molar-refractivity contribution is 4.79. The van der Waals surface area contributed by atoms with Crippen molar-refractivity contribution < 1.29 is 14.2 Å². The second kappa shape index (κ2) is 2.44. The van der Waals surface area contributed by atoms with E-state index in [1.165, 1.54) is 0 Å². The van der Waals surface area contributed by atoms with Gasteiger partial charge in [-0.2, -0.15) is 0 Å². The van der Waals surface area contributed by atoms with Crippen LogP contribution < -0.4 is 0 Å². The molecule has 3 heteroatoms. The van der Waals surface area contributed by atoms with E-state index >= 15 is 0 Å². The third-order valence-corrected chi connectivity index (χ3v) is 1.94. The van der Waals surface area contributed by atoms with Gasteiger partial charge < -0.3 is 14.2 Å². The molecular weight excluding hydrogens is 144 g/mol. The first-order valence-electron chi connectivity index (χ1n) is 4.02. The lowest BCUT2D eigenvalue weighted by Gasteiger charge is -2.33. The van der Waals surface area contributed by atoms with Gasteiger partial charge in [-0.25, -0.2) is 0 Å². The van der Waals surface area contributed by atoms with Gasteiger partial charge in [-0.05, 0) is 0 Å². The first-order valence-corrected chi connectivity index (χ1v) is 4.02. The summed E-state index contributed by atoms with van der Waals surface area (Å²) >= 11 is 0. The molecule has 2 heterocycles. The summed E-state index contributed by atoms with van der Waals surface area (Å²) in [6, 6.07) is 0. The van der Waals surface area contributed by atoms with E-state index in [1.807, 2.05) is 0 Å². The van der Waals surface area contributed by atoms with Gasteiger partial charge in [0.15, 0.2) is 6.29 Å². The average Bonchev–Trinajstić information content (AvgIpc) is 2.70. The lowest BCUT2D eigenvalue weighted by Crippen LogP contribution is -2.40. The minimum absolute atomic E-state index is 0.0944. The van der Waals surface area contributed by atoms with Crippen LogP contribution >= 0.6 is 0 Å². The van der Waals surface area contributed by atoms with Crippen LogP contribution in [-0.4, -0.2) is 32.2 Å². The van der Waals surface area contributed by atoms with E-state index in [0.29, 0.717) is 0 Å². The molecular formula is C8H14O3. The van der Waals surface area contributed by atoms with Gasteiger partial charge in [0.2, 0.25) is 0 Å². The van der Waals surface area contributed by atoms with E-state index in [9.17, 15) is 0 Å². The molecule has 2 rings (SSSR count). The zero-order valence-corrected chi connectivity index (χ0v) is 7.00. The highest BCUT2D eigenvalue weighted by Gasteiger charge is 2.39. The molecule has 0 saturated carbocycles. The maximum absolute atomic E-state index is 5.47. The number of rotatable bonds is 1. The van der Waals surface area contributed by atoms with E-state index in [0.717, 1.165) is 19.8 Å². The van der Waals surface area contributed by atoms with Gasteiger partial charge in [-0.15, -0.1) is 0 Å². The van der Waals surface area contributed by atoms with Crippen molar-refractivity contribution >= 4 is 0 Å². The van der Waals surface area contributed by atoms with E-state index in [2.05, 4.69) is 13.8 Å².